The SMILES string of the molecule is Clc1ccccc1-c1nnc(-c2ccccc2I)nn1. The Morgan fingerprint density at radius 3 is 1.80 bits per heavy atom. The van der Waals surface area contributed by atoms with Crippen molar-refractivity contribution in [2.24, 2.45) is 0 Å². The Labute approximate surface area is 134 Å². The number of hydrogen-bond donors (Lipinski definition) is 0. The summed E-state index contributed by atoms with van der Waals surface area (Å²) in [6.45, 7) is 0. The third-order valence-corrected chi connectivity index (χ3v) is 3.98. The molecule has 0 fully saturated rings. The normalized spacial score (nSPS) is 10.5. The number of hydrogen-bond acceptors (Lipinski definition) is 4. The van der Waals surface area contributed by atoms with Crippen LogP contribution in [0.1, 0.15) is 0 Å². The zero-order valence-corrected chi connectivity index (χ0v) is 13.1. The molecule has 0 saturated heterocycles. The number of aromatic nitrogens is 4. The number of nitrogens with zero attached hydrogens (tertiary/aromatic N) is 4. The number of rotatable bonds is 2. The van der Waals surface area contributed by atoms with Crippen molar-refractivity contribution in [3.05, 3.63) is 57.1 Å². The van der Waals surface area contributed by atoms with Gasteiger partial charge in [0.2, 0.25) is 11.6 Å². The molecule has 4 nitrogen and oxygen atoms in total. The second kappa shape index (κ2) is 5.80. The van der Waals surface area contributed by atoms with E-state index in [-0.39, 0.29) is 0 Å². The van der Waals surface area contributed by atoms with Gasteiger partial charge in [0.1, 0.15) is 0 Å². The van der Waals surface area contributed by atoms with Crippen LogP contribution in [0.5, 0.6) is 0 Å². The first-order valence-corrected chi connectivity index (χ1v) is 7.28. The van der Waals surface area contributed by atoms with Crippen LogP contribution in [-0.4, -0.2) is 20.4 Å². The van der Waals surface area contributed by atoms with E-state index in [1.165, 1.54) is 0 Å². The molecule has 0 atom stereocenters. The predicted molar refractivity (Wildman–Crippen MR) is 86.2 cm³/mol. The van der Waals surface area contributed by atoms with E-state index in [1.54, 1.807) is 6.07 Å². The van der Waals surface area contributed by atoms with Crippen LogP contribution in [0, 0.1) is 3.57 Å². The van der Waals surface area contributed by atoms with Gasteiger partial charge >= 0.3 is 0 Å². The molecule has 98 valence electrons. The molecule has 0 aliphatic rings. The lowest BCUT2D eigenvalue weighted by molar-refractivity contribution is 0.875. The van der Waals surface area contributed by atoms with Crippen LogP contribution in [-0.2, 0) is 0 Å². The zero-order chi connectivity index (χ0) is 13.9. The summed E-state index contributed by atoms with van der Waals surface area (Å²) in [4.78, 5) is 0. The molecule has 0 unspecified atom stereocenters. The van der Waals surface area contributed by atoms with Gasteiger partial charge in [0.25, 0.3) is 0 Å². The van der Waals surface area contributed by atoms with Crippen molar-refractivity contribution < 1.29 is 0 Å². The second-order valence-corrected chi connectivity index (χ2v) is 5.58. The van der Waals surface area contributed by atoms with Crippen molar-refractivity contribution in [2.75, 3.05) is 0 Å². The van der Waals surface area contributed by atoms with Crippen LogP contribution >= 0.6 is 34.2 Å². The van der Waals surface area contributed by atoms with Crippen molar-refractivity contribution in [3.63, 3.8) is 0 Å². The molecule has 0 bridgehead atoms. The first-order valence-electron chi connectivity index (χ1n) is 5.83. The highest BCUT2D eigenvalue weighted by molar-refractivity contribution is 14.1. The summed E-state index contributed by atoms with van der Waals surface area (Å²) in [5, 5.41) is 17.1. The van der Waals surface area contributed by atoms with Gasteiger partial charge < -0.3 is 0 Å². The Hall–Kier alpha value is -1.60. The Morgan fingerprint density at radius 2 is 1.20 bits per heavy atom. The van der Waals surface area contributed by atoms with Crippen molar-refractivity contribution >= 4 is 34.2 Å². The van der Waals surface area contributed by atoms with E-state index < -0.39 is 0 Å². The smallest absolute Gasteiger partial charge is 0.126 e. The van der Waals surface area contributed by atoms with Crippen LogP contribution in [0.2, 0.25) is 5.02 Å². The maximum atomic E-state index is 6.10. The summed E-state index contributed by atoms with van der Waals surface area (Å²) in [5.41, 5.74) is 1.64. The van der Waals surface area contributed by atoms with Crippen LogP contribution in [0.3, 0.4) is 0 Å². The third-order valence-electron chi connectivity index (χ3n) is 2.71. The van der Waals surface area contributed by atoms with Gasteiger partial charge in [-0.15, -0.1) is 20.4 Å². The fourth-order valence-electron chi connectivity index (χ4n) is 1.73. The molecular formula is C14H8ClIN4. The first-order chi connectivity index (χ1) is 9.75. The summed E-state index contributed by atoms with van der Waals surface area (Å²) in [7, 11) is 0. The monoisotopic (exact) mass is 394 g/mol. The molecule has 3 rings (SSSR count). The van der Waals surface area contributed by atoms with Crippen molar-refractivity contribution in [1.82, 2.24) is 20.4 Å². The quantitative estimate of drug-likeness (QED) is 0.619. The lowest BCUT2D eigenvalue weighted by atomic mass is 10.2. The average Bonchev–Trinajstić information content (AvgIpc) is 2.49. The first kappa shape index (κ1) is 13.4. The average molecular weight is 395 g/mol. The van der Waals surface area contributed by atoms with Crippen LogP contribution < -0.4 is 0 Å². The predicted octanol–water partition coefficient (Wildman–Crippen LogP) is 3.86. The molecular weight excluding hydrogens is 387 g/mol. The van der Waals surface area contributed by atoms with Crippen LogP contribution in [0.25, 0.3) is 22.8 Å². The van der Waals surface area contributed by atoms with Gasteiger partial charge in [-0.25, -0.2) is 0 Å². The van der Waals surface area contributed by atoms with Crippen molar-refractivity contribution in [2.45, 2.75) is 0 Å². The van der Waals surface area contributed by atoms with Gasteiger partial charge in [0.05, 0.1) is 5.02 Å². The molecule has 0 amide bonds. The Bertz CT molecular complexity index is 682. The van der Waals surface area contributed by atoms with Gasteiger partial charge in [0.15, 0.2) is 0 Å². The van der Waals surface area contributed by atoms with Crippen molar-refractivity contribution in [1.29, 1.82) is 0 Å². The largest absolute Gasteiger partial charge is 0.205 e. The molecule has 2 aromatic carbocycles. The molecule has 1 heterocycles. The van der Waals surface area contributed by atoms with E-state index in [4.69, 9.17) is 11.6 Å². The fraction of sp³-hybridized carbons (Fsp3) is 0. The summed E-state index contributed by atoms with van der Waals surface area (Å²) >= 11 is 8.34. The van der Waals surface area contributed by atoms with E-state index in [9.17, 15) is 0 Å². The second-order valence-electron chi connectivity index (χ2n) is 4.01. The molecule has 0 saturated carbocycles. The third kappa shape index (κ3) is 2.64. The fourth-order valence-corrected chi connectivity index (χ4v) is 2.58. The summed E-state index contributed by atoms with van der Waals surface area (Å²) < 4.78 is 1.05. The molecule has 0 spiro atoms. The lowest BCUT2D eigenvalue weighted by Crippen LogP contribution is -2.00. The van der Waals surface area contributed by atoms with E-state index in [2.05, 4.69) is 43.0 Å². The van der Waals surface area contributed by atoms with Gasteiger partial charge in [-0.05, 0) is 46.9 Å². The van der Waals surface area contributed by atoms with Crippen molar-refractivity contribution in [3.8, 4) is 22.8 Å². The minimum absolute atomic E-state index is 0.422. The molecule has 20 heavy (non-hydrogen) atoms. The lowest BCUT2D eigenvalue weighted by Gasteiger charge is -2.03. The minimum atomic E-state index is 0.422. The number of benzene rings is 2. The van der Waals surface area contributed by atoms with Crippen LogP contribution in [0.15, 0.2) is 48.5 Å². The zero-order valence-electron chi connectivity index (χ0n) is 10.2. The highest BCUT2D eigenvalue weighted by Gasteiger charge is 2.10. The molecule has 0 N–H and O–H groups in total. The highest BCUT2D eigenvalue weighted by atomic mass is 127. The Kier molecular flexibility index (Phi) is 3.88. The Balaban J connectivity index is 2.01. The van der Waals surface area contributed by atoms with Crippen LogP contribution in [0.4, 0.5) is 0 Å². The van der Waals surface area contributed by atoms with Gasteiger partial charge in [0, 0.05) is 14.7 Å². The molecule has 3 aromatic rings. The van der Waals surface area contributed by atoms with Gasteiger partial charge in [-0.2, -0.15) is 0 Å². The van der Waals surface area contributed by atoms with E-state index >= 15 is 0 Å². The molecule has 1 aromatic heterocycles. The molecule has 6 heteroatoms. The van der Waals surface area contributed by atoms with E-state index in [1.807, 2.05) is 42.5 Å². The Morgan fingerprint density at radius 1 is 0.700 bits per heavy atom. The molecule has 0 aliphatic carbocycles. The summed E-state index contributed by atoms with van der Waals surface area (Å²) in [5.74, 6) is 0.927. The molecule has 0 radical (unpaired) electrons. The summed E-state index contributed by atoms with van der Waals surface area (Å²) in [6, 6.07) is 15.2. The summed E-state index contributed by atoms with van der Waals surface area (Å²) in [6.07, 6.45) is 0. The van der Waals surface area contributed by atoms with E-state index in [0.29, 0.717) is 16.7 Å². The topological polar surface area (TPSA) is 51.6 Å². The van der Waals surface area contributed by atoms with Gasteiger partial charge in [-0.1, -0.05) is 35.9 Å². The maximum Gasteiger partial charge on any atom is 0.205 e. The highest BCUT2D eigenvalue weighted by Crippen LogP contribution is 2.25. The minimum Gasteiger partial charge on any atom is -0.126 e. The standard InChI is InChI=1S/C14H8ClIN4/c15-11-7-3-1-5-9(11)13-17-19-14(20-18-13)10-6-2-4-8-12(10)16/h1-8H. The van der Waals surface area contributed by atoms with E-state index in [0.717, 1.165) is 14.7 Å². The molecule has 0 aliphatic heterocycles. The van der Waals surface area contributed by atoms with Gasteiger partial charge in [-0.3, -0.25) is 0 Å². The number of halogens is 2. The maximum absolute atomic E-state index is 6.10.